The van der Waals surface area contributed by atoms with Gasteiger partial charge in [-0.1, -0.05) is 0 Å². The molecule has 0 saturated carbocycles. The maximum Gasteiger partial charge on any atom is -0.197 e. The Hall–Kier alpha value is 1.58. The molecule has 3 heteroatoms. The van der Waals surface area contributed by atoms with Gasteiger partial charge in [0.25, 0.3) is 0 Å². The molecule has 0 spiro atoms. The van der Waals surface area contributed by atoms with Crippen molar-refractivity contribution in [3.05, 3.63) is 0 Å². The predicted octanol–water partition coefficient (Wildman–Crippen LogP) is 7.23. The first-order chi connectivity index (χ1) is 8.12. The molecule has 0 saturated heterocycles. The van der Waals surface area contributed by atoms with Gasteiger partial charge in [-0.2, -0.15) is 13.5 Å². The minimum atomic E-state index is -2.24. The Balaban J connectivity index is 0. The van der Waals surface area contributed by atoms with Crippen molar-refractivity contribution < 1.29 is 20.2 Å². The summed E-state index contributed by atoms with van der Waals surface area (Å²) in [7, 11) is 6.57. The summed E-state index contributed by atoms with van der Waals surface area (Å²) in [5, 5.41) is 0. The van der Waals surface area contributed by atoms with E-state index in [-0.39, 0.29) is 13.5 Å². The molecule has 0 aromatic carbocycles. The molecule has 0 rings (SSSR count). The third-order valence-electron chi connectivity index (χ3n) is 4.38. The number of rotatable bonds is 12. The summed E-state index contributed by atoms with van der Waals surface area (Å²) in [4.78, 5) is 0. The van der Waals surface area contributed by atoms with E-state index in [4.69, 9.17) is 8.25 Å². The van der Waals surface area contributed by atoms with Gasteiger partial charge in [0.05, 0.1) is 0 Å². The van der Waals surface area contributed by atoms with Crippen LogP contribution in [0.4, 0.5) is 0 Å². The second-order valence-corrected chi connectivity index (χ2v) is 40.0. The minimum absolute atomic E-state index is 0. The van der Waals surface area contributed by atoms with Gasteiger partial charge in [-0.15, -0.1) is 0 Å². The summed E-state index contributed by atoms with van der Waals surface area (Å²) in [6, 6.07) is 0. The van der Waals surface area contributed by atoms with Crippen molar-refractivity contribution in [3.8, 4) is 0 Å². The van der Waals surface area contributed by atoms with Crippen LogP contribution in [0.15, 0.2) is 0 Å². The molecule has 0 aromatic rings. The molecule has 0 radical (unpaired) electrons. The molecule has 0 N–H and O–H groups in total. The van der Waals surface area contributed by atoms with Gasteiger partial charge in [-0.25, -0.2) is 0 Å². The Morgan fingerprint density at radius 2 is 1.11 bits per heavy atom. The van der Waals surface area contributed by atoms with Crippen LogP contribution in [0, 0.1) is 0 Å². The van der Waals surface area contributed by atoms with Gasteiger partial charge in [0.2, 0.25) is 0 Å². The molecule has 1 unspecified atom stereocenters. The van der Waals surface area contributed by atoms with Gasteiger partial charge >= 0.3 is 119 Å². The van der Waals surface area contributed by atoms with Crippen LogP contribution in [0.1, 0.15) is 78.1 Å². The second-order valence-electron chi connectivity index (χ2n) is 6.53. The molecule has 18 heavy (non-hydrogen) atoms. The molecule has 0 bridgehead atoms. The van der Waals surface area contributed by atoms with E-state index in [1.54, 1.807) is 0 Å². The van der Waals surface area contributed by atoms with Gasteiger partial charge in [-0.05, 0) is 0 Å². The van der Waals surface area contributed by atoms with Crippen molar-refractivity contribution in [2.24, 2.45) is 0 Å². The molecule has 0 nitrogen and oxygen atoms in total. The fourth-order valence-corrected chi connectivity index (χ4v) is 11.5. The summed E-state index contributed by atoms with van der Waals surface area (Å²) in [5.41, 5.74) is 0. The minimum Gasteiger partial charge on any atom is -0.197 e. The molecule has 0 aliphatic rings. The van der Waals surface area contributed by atoms with Crippen molar-refractivity contribution in [3.63, 3.8) is 0 Å². The fraction of sp³-hybridized carbons (Fsp3) is 1.00. The van der Waals surface area contributed by atoms with Crippen molar-refractivity contribution in [2.45, 2.75) is 90.3 Å². The summed E-state index contributed by atoms with van der Waals surface area (Å²) < 4.78 is 5.15. The number of hydrogen-bond acceptors (Lipinski definition) is 0. The Labute approximate surface area is 131 Å². The normalized spacial score (nSPS) is 12.2. The van der Waals surface area contributed by atoms with E-state index in [9.17, 15) is 0 Å². The third-order valence-corrected chi connectivity index (χ3v) is 25.8. The first kappa shape index (κ1) is 21.9. The van der Waals surface area contributed by atoms with E-state index in [0.29, 0.717) is 0 Å². The summed E-state index contributed by atoms with van der Waals surface area (Å²) >= 11 is -2.24. The second kappa shape index (κ2) is 15.0. The van der Waals surface area contributed by atoms with Crippen LogP contribution >= 0.6 is 21.7 Å². The molecular weight excluding hydrogens is 448 g/mol. The maximum atomic E-state index is 6.57. The van der Waals surface area contributed by atoms with Crippen LogP contribution in [-0.2, 0) is 20.2 Å². The van der Waals surface area contributed by atoms with Crippen molar-refractivity contribution in [2.75, 3.05) is 0 Å². The van der Waals surface area contributed by atoms with Crippen LogP contribution < -0.4 is 0 Å². The van der Waals surface area contributed by atoms with E-state index in [2.05, 4.69) is 18.3 Å². The van der Waals surface area contributed by atoms with Gasteiger partial charge in [-0.3, -0.25) is 0 Å². The molecule has 0 aliphatic heterocycles. The van der Waals surface area contributed by atoms with Crippen molar-refractivity contribution in [1.29, 1.82) is 0 Å². The van der Waals surface area contributed by atoms with Crippen LogP contribution in [0.25, 0.3) is 0 Å². The number of halogens is 1. The largest absolute Gasteiger partial charge is 0.197 e. The van der Waals surface area contributed by atoms with E-state index in [1.807, 2.05) is 0 Å². The van der Waals surface area contributed by atoms with E-state index in [0.717, 1.165) is 0 Å². The van der Waals surface area contributed by atoms with E-state index >= 15 is 0 Å². The molecule has 0 aliphatic carbocycles. The van der Waals surface area contributed by atoms with Gasteiger partial charge < -0.3 is 0 Å². The number of unbranched alkanes of at least 4 members (excludes halogenated alkanes) is 9. The maximum absolute atomic E-state index is 6.57. The topological polar surface area (TPSA) is 0 Å². The Morgan fingerprint density at radius 1 is 0.722 bits per heavy atom. The number of hydrogen-bond donors (Lipinski definition) is 0. The third kappa shape index (κ3) is 15.6. The SMILES string of the molecule is CCCCCCCCCCC[CH2][Hg]([CH3])([Cl])[CH2]C.S. The van der Waals surface area contributed by atoms with Gasteiger partial charge in [0.15, 0.2) is 0 Å². The van der Waals surface area contributed by atoms with E-state index < -0.39 is 20.2 Å². The average molecular weight is 484 g/mol. The molecule has 0 heterocycles. The first-order valence-corrected chi connectivity index (χ1v) is 28.4. The molecule has 1 atom stereocenters. The van der Waals surface area contributed by atoms with Gasteiger partial charge in [0.1, 0.15) is 0 Å². The predicted molar refractivity (Wildman–Crippen MR) is 89.2 cm³/mol. The summed E-state index contributed by atoms with van der Waals surface area (Å²) in [6.07, 6.45) is 14.4. The Morgan fingerprint density at radius 3 is 1.50 bits per heavy atom. The van der Waals surface area contributed by atoms with Crippen LogP contribution in [0.5, 0.6) is 0 Å². The van der Waals surface area contributed by atoms with Crippen LogP contribution in [0.3, 0.4) is 0 Å². The standard InChI is InChI=1S/C12H25.C2H5.CH3.ClH.Hg.H2S/c1-3-5-7-9-11-12-10-8-6-4-2;1-2;;;;/h1,3-12H2,2H3;1H2,2H3;1H3;1H;;1H2/q;;;;+1;/p-1. The van der Waals surface area contributed by atoms with Crippen LogP contribution in [-0.4, -0.2) is 0 Å². The van der Waals surface area contributed by atoms with Crippen molar-refractivity contribution in [1.82, 2.24) is 0 Å². The van der Waals surface area contributed by atoms with Gasteiger partial charge in [0, 0.05) is 0 Å². The van der Waals surface area contributed by atoms with Crippen molar-refractivity contribution >= 4 is 21.7 Å². The zero-order valence-electron chi connectivity index (χ0n) is 13.1. The zero-order chi connectivity index (χ0) is 13.0. The first-order valence-electron chi connectivity index (χ1n) is 8.39. The average Bonchev–Trinajstić information content (AvgIpc) is 2.31. The molecule has 0 aromatic heterocycles. The zero-order valence-corrected chi connectivity index (χ0v) is 20.3. The smallest absolute Gasteiger partial charge is 0.197 e. The Bertz CT molecular complexity index is 163. The monoisotopic (exact) mass is 484 g/mol. The Kier molecular flexibility index (Phi) is 18.2. The summed E-state index contributed by atoms with van der Waals surface area (Å²) in [5.74, 6) is 0. The fourth-order valence-electron chi connectivity index (χ4n) is 2.44. The molecular formula is C15H35ClHgS. The van der Waals surface area contributed by atoms with Crippen LogP contribution in [0.2, 0.25) is 12.3 Å². The van der Waals surface area contributed by atoms with E-state index in [1.165, 1.54) is 72.1 Å². The molecule has 0 fully saturated rings. The molecule has 0 amide bonds. The molecule has 110 valence electrons. The quantitative estimate of drug-likeness (QED) is 0.203. The summed E-state index contributed by atoms with van der Waals surface area (Å²) in [6.45, 7) is 4.57.